The van der Waals surface area contributed by atoms with Crippen LogP contribution >= 0.6 is 0 Å². The minimum atomic E-state index is -0.669. The van der Waals surface area contributed by atoms with Crippen molar-refractivity contribution in [1.29, 1.82) is 0 Å². The summed E-state index contributed by atoms with van der Waals surface area (Å²) in [5.74, 6) is 0.0314. The van der Waals surface area contributed by atoms with E-state index in [1.807, 2.05) is 124 Å². The number of hydrogen-bond acceptors (Lipinski definition) is 18. The van der Waals surface area contributed by atoms with Gasteiger partial charge in [0.05, 0.1) is 91.4 Å². The maximum atomic E-state index is 14.0. The molecule has 2 aromatic carbocycles. The normalized spacial score (nSPS) is 18.2. The zero-order valence-corrected chi connectivity index (χ0v) is 44.7. The van der Waals surface area contributed by atoms with Crippen LogP contribution in [0.1, 0.15) is 62.3 Å². The highest BCUT2D eigenvalue weighted by atomic mass is 16.6. The van der Waals surface area contributed by atoms with Crippen LogP contribution in [-0.2, 0) is 47.6 Å². The number of rotatable bonds is 13. The average Bonchev–Trinajstić information content (AvgIpc) is 3.28. The lowest BCUT2D eigenvalue weighted by atomic mass is 10.2. The Kier molecular flexibility index (Phi) is 24.1. The van der Waals surface area contributed by atoms with Crippen molar-refractivity contribution in [1.82, 2.24) is 19.6 Å². The Hall–Kier alpha value is -4.76. The fourth-order valence-electron chi connectivity index (χ4n) is 8.02. The van der Waals surface area contributed by atoms with Crippen LogP contribution in [0.15, 0.2) is 42.5 Å². The van der Waals surface area contributed by atoms with Crippen molar-refractivity contribution in [2.24, 2.45) is 0 Å². The Morgan fingerprint density at radius 1 is 0.465 bits per heavy atom. The monoisotopic (exact) mass is 1000 g/mol. The van der Waals surface area contributed by atoms with E-state index in [1.54, 1.807) is 14.2 Å². The van der Waals surface area contributed by atoms with Crippen LogP contribution in [0.25, 0.3) is 0 Å². The molecule has 2 heterocycles. The quantitative estimate of drug-likeness (QED) is 0.223. The number of carbonyl (C=O) groups excluding carboxylic acids is 4. The standard InChI is InChI=1S/C52H85N7O12/c1-50(2,3)69-47(61)38-55-20-18-54(19-21-56(39-48(62)70-51(4,5)6)23-25-57(24-22-55)40-49(63)71-52(7,8)9)37-46(60)53-41-16-17-43(45(36-41)65-11)59-27-31-66-30-26-58(28-32-67-34-35-68-33-29-59)42-14-12-13-15-44(42)64-10/h12-17,36H,18-35,37-40H2,1-11H3,(H,53,60). The Balaban J connectivity index is 1.49. The second kappa shape index (κ2) is 29.1. The van der Waals surface area contributed by atoms with Gasteiger partial charge in [-0.1, -0.05) is 12.1 Å². The molecule has 0 atom stereocenters. The molecule has 71 heavy (non-hydrogen) atoms. The summed E-state index contributed by atoms with van der Waals surface area (Å²) in [5.41, 5.74) is 0.381. The zero-order valence-electron chi connectivity index (χ0n) is 44.7. The van der Waals surface area contributed by atoms with Gasteiger partial charge in [0.15, 0.2) is 0 Å². The molecule has 2 fully saturated rings. The average molecular weight is 1000 g/mol. The van der Waals surface area contributed by atoms with E-state index < -0.39 is 16.8 Å². The fourth-order valence-corrected chi connectivity index (χ4v) is 8.02. The highest BCUT2D eigenvalue weighted by Gasteiger charge is 2.27. The molecule has 19 heteroatoms. The first kappa shape index (κ1) is 58.8. The maximum Gasteiger partial charge on any atom is 0.320 e. The van der Waals surface area contributed by atoms with Crippen molar-refractivity contribution < 1.29 is 57.1 Å². The van der Waals surface area contributed by atoms with E-state index in [9.17, 15) is 19.2 Å². The van der Waals surface area contributed by atoms with Gasteiger partial charge in [-0.15, -0.1) is 0 Å². The minimum Gasteiger partial charge on any atom is -0.495 e. The molecule has 0 aromatic heterocycles. The molecular formula is C52H85N7O12. The molecule has 19 nitrogen and oxygen atoms in total. The predicted octanol–water partition coefficient (Wildman–Crippen LogP) is 4.27. The van der Waals surface area contributed by atoms with Crippen molar-refractivity contribution in [3.63, 3.8) is 0 Å². The largest absolute Gasteiger partial charge is 0.495 e. The summed E-state index contributed by atoms with van der Waals surface area (Å²) >= 11 is 0. The van der Waals surface area contributed by atoms with Gasteiger partial charge in [0.25, 0.3) is 0 Å². The van der Waals surface area contributed by atoms with E-state index in [2.05, 4.69) is 15.1 Å². The third kappa shape index (κ3) is 23.6. The minimum absolute atomic E-state index is 0.0285. The van der Waals surface area contributed by atoms with E-state index in [-0.39, 0.29) is 50.0 Å². The smallest absolute Gasteiger partial charge is 0.320 e. The number of amides is 1. The van der Waals surface area contributed by atoms with E-state index in [1.165, 1.54) is 0 Å². The summed E-state index contributed by atoms with van der Waals surface area (Å²) in [4.78, 5) is 65.8. The van der Waals surface area contributed by atoms with Gasteiger partial charge < -0.3 is 53.0 Å². The lowest BCUT2D eigenvalue weighted by Crippen LogP contribution is -2.50. The zero-order chi connectivity index (χ0) is 52.0. The second-order valence-corrected chi connectivity index (χ2v) is 20.8. The molecule has 0 radical (unpaired) electrons. The summed E-state index contributed by atoms with van der Waals surface area (Å²) < 4.78 is 46.7. The molecule has 0 bridgehead atoms. The summed E-state index contributed by atoms with van der Waals surface area (Å²) in [6, 6.07) is 13.5. The second-order valence-electron chi connectivity index (χ2n) is 20.8. The van der Waals surface area contributed by atoms with Gasteiger partial charge in [-0.05, 0) is 86.6 Å². The molecule has 2 aromatic rings. The van der Waals surface area contributed by atoms with Crippen molar-refractivity contribution in [3.05, 3.63) is 42.5 Å². The fraction of sp³-hybridized carbons (Fsp3) is 0.692. The molecule has 400 valence electrons. The Bertz CT molecular complexity index is 1910. The van der Waals surface area contributed by atoms with Gasteiger partial charge in [-0.2, -0.15) is 0 Å². The number of benzene rings is 2. The number of carbonyl (C=O) groups is 4. The topological polar surface area (TPSA) is 174 Å². The number of ether oxygens (including phenoxy) is 8. The van der Waals surface area contributed by atoms with Gasteiger partial charge in [0, 0.05) is 90.3 Å². The molecule has 1 amide bonds. The van der Waals surface area contributed by atoms with Crippen molar-refractivity contribution >= 4 is 40.9 Å². The highest BCUT2D eigenvalue weighted by Crippen LogP contribution is 2.32. The third-order valence-corrected chi connectivity index (χ3v) is 11.2. The van der Waals surface area contributed by atoms with Crippen LogP contribution in [0, 0.1) is 0 Å². The molecule has 4 rings (SSSR count). The Morgan fingerprint density at radius 3 is 1.20 bits per heavy atom. The molecule has 2 aliphatic rings. The first-order chi connectivity index (χ1) is 33.6. The van der Waals surface area contributed by atoms with Crippen LogP contribution in [0.2, 0.25) is 0 Å². The SMILES string of the molecule is COc1ccccc1N1CCOCCOCCN(c2ccc(NC(=O)CN3CCN(CC(=O)OC(C)(C)C)CCN(CC(=O)OC(C)(C)C)CCN(CC(=O)OC(C)(C)C)CC3)cc2OC)CCOCC1. The first-order valence-corrected chi connectivity index (χ1v) is 25.0. The van der Waals surface area contributed by atoms with Gasteiger partial charge in [-0.25, -0.2) is 0 Å². The van der Waals surface area contributed by atoms with Crippen molar-refractivity contribution in [2.45, 2.75) is 79.1 Å². The first-order valence-electron chi connectivity index (χ1n) is 25.0. The molecular weight excluding hydrogens is 915 g/mol. The van der Waals surface area contributed by atoms with Crippen molar-refractivity contribution in [2.75, 3.05) is 174 Å². The van der Waals surface area contributed by atoms with Gasteiger partial charge in [-0.3, -0.25) is 38.8 Å². The molecule has 0 saturated carbocycles. The summed E-state index contributed by atoms with van der Waals surface area (Å²) in [5, 5.41) is 3.08. The molecule has 0 unspecified atom stereocenters. The van der Waals surface area contributed by atoms with E-state index in [4.69, 9.17) is 37.9 Å². The van der Waals surface area contributed by atoms with Crippen molar-refractivity contribution in [3.8, 4) is 11.5 Å². The van der Waals surface area contributed by atoms with Gasteiger partial charge in [0.1, 0.15) is 28.3 Å². The number of para-hydroxylation sites is 2. The van der Waals surface area contributed by atoms with Gasteiger partial charge >= 0.3 is 17.9 Å². The van der Waals surface area contributed by atoms with Crippen LogP contribution in [0.4, 0.5) is 17.1 Å². The number of methoxy groups -OCH3 is 2. The van der Waals surface area contributed by atoms with Crippen LogP contribution < -0.4 is 24.6 Å². The number of hydrogen-bond donors (Lipinski definition) is 1. The molecule has 1 N–H and O–H groups in total. The predicted molar refractivity (Wildman–Crippen MR) is 275 cm³/mol. The van der Waals surface area contributed by atoms with Crippen LogP contribution in [0.5, 0.6) is 11.5 Å². The van der Waals surface area contributed by atoms with Crippen LogP contribution in [0.3, 0.4) is 0 Å². The number of esters is 3. The molecule has 2 aliphatic heterocycles. The van der Waals surface area contributed by atoms with Gasteiger partial charge in [0.2, 0.25) is 5.91 Å². The number of nitrogens with zero attached hydrogens (tertiary/aromatic N) is 6. The molecule has 0 spiro atoms. The summed E-state index contributed by atoms with van der Waals surface area (Å²) in [6.07, 6.45) is 0. The number of nitrogens with one attached hydrogen (secondary N) is 1. The lowest BCUT2D eigenvalue weighted by Gasteiger charge is -2.34. The lowest BCUT2D eigenvalue weighted by molar-refractivity contribution is -0.158. The van der Waals surface area contributed by atoms with E-state index in [0.717, 1.165) is 17.1 Å². The van der Waals surface area contributed by atoms with E-state index >= 15 is 0 Å². The third-order valence-electron chi connectivity index (χ3n) is 11.2. The maximum absolute atomic E-state index is 14.0. The van der Waals surface area contributed by atoms with E-state index in [0.29, 0.717) is 130 Å². The van der Waals surface area contributed by atoms with Crippen LogP contribution in [-0.4, -0.2) is 219 Å². The molecule has 2 saturated heterocycles. The highest BCUT2D eigenvalue weighted by molar-refractivity contribution is 5.93. The summed E-state index contributed by atoms with van der Waals surface area (Å²) in [7, 11) is 3.28. The number of anilines is 3. The summed E-state index contributed by atoms with van der Waals surface area (Å²) in [6.45, 7) is 25.4. The molecule has 0 aliphatic carbocycles. The Morgan fingerprint density at radius 2 is 0.817 bits per heavy atom. The Labute approximate surface area is 423 Å².